The highest BCUT2D eigenvalue weighted by Gasteiger charge is 2.46. The van der Waals surface area contributed by atoms with Gasteiger partial charge in [-0.3, -0.25) is 9.59 Å². The zero-order valence-corrected chi connectivity index (χ0v) is 14.5. The van der Waals surface area contributed by atoms with Crippen LogP contribution in [0.2, 0.25) is 0 Å². The van der Waals surface area contributed by atoms with Gasteiger partial charge in [-0.25, -0.2) is 0 Å². The van der Waals surface area contributed by atoms with Gasteiger partial charge in [0, 0.05) is 30.3 Å². The maximum Gasteiger partial charge on any atom is 0.393 e. The Morgan fingerprint density at radius 2 is 1.73 bits per heavy atom. The first kappa shape index (κ1) is 18.7. The average Bonchev–Trinajstić information content (AvgIpc) is 2.62. The van der Waals surface area contributed by atoms with Crippen molar-refractivity contribution in [1.29, 1.82) is 0 Å². The lowest BCUT2D eigenvalue weighted by molar-refractivity contribution is -0.187. The minimum Gasteiger partial charge on any atom is -0.349 e. The molecule has 0 bridgehead atoms. The molecule has 3 rings (SSSR count). The minimum atomic E-state index is -4.29. The van der Waals surface area contributed by atoms with Crippen molar-refractivity contribution in [1.82, 2.24) is 5.32 Å². The van der Waals surface area contributed by atoms with Crippen LogP contribution in [0, 0.1) is 5.92 Å². The van der Waals surface area contributed by atoms with E-state index >= 15 is 0 Å². The van der Waals surface area contributed by atoms with Gasteiger partial charge in [0.05, 0.1) is 5.92 Å². The van der Waals surface area contributed by atoms with E-state index in [4.69, 9.17) is 0 Å². The van der Waals surface area contributed by atoms with Crippen LogP contribution >= 0.6 is 0 Å². The van der Waals surface area contributed by atoms with E-state index in [1.54, 1.807) is 29.2 Å². The summed E-state index contributed by atoms with van der Waals surface area (Å²) in [5.41, 5.74) is 1.03. The van der Waals surface area contributed by atoms with Crippen molar-refractivity contribution in [3.8, 4) is 0 Å². The van der Waals surface area contributed by atoms with Crippen LogP contribution in [0.5, 0.6) is 0 Å². The first-order valence-corrected chi connectivity index (χ1v) is 9.14. The molecule has 1 aliphatic carbocycles. The van der Waals surface area contributed by atoms with E-state index in [9.17, 15) is 22.8 Å². The molecule has 0 aromatic heterocycles. The lowest BCUT2D eigenvalue weighted by Crippen LogP contribution is -2.47. The minimum absolute atomic E-state index is 0.0590. The number of carbonyl (C=O) groups is 2. The van der Waals surface area contributed by atoms with Crippen LogP contribution in [-0.2, 0) is 4.79 Å². The summed E-state index contributed by atoms with van der Waals surface area (Å²) < 4.78 is 39.5. The van der Waals surface area contributed by atoms with Gasteiger partial charge < -0.3 is 10.2 Å². The number of hydrogen-bond acceptors (Lipinski definition) is 2. The summed E-state index contributed by atoms with van der Waals surface area (Å²) in [4.78, 5) is 26.0. The van der Waals surface area contributed by atoms with E-state index in [1.807, 2.05) is 0 Å². The van der Waals surface area contributed by atoms with Crippen LogP contribution in [0.3, 0.4) is 0 Å². The molecule has 2 aliphatic rings. The van der Waals surface area contributed by atoms with Gasteiger partial charge in [-0.1, -0.05) is 12.8 Å². The highest BCUT2D eigenvalue weighted by molar-refractivity contribution is 5.97. The fourth-order valence-electron chi connectivity index (χ4n) is 3.82. The Bertz CT molecular complexity index is 658. The summed E-state index contributed by atoms with van der Waals surface area (Å²) in [7, 11) is 0. The molecule has 4 nitrogen and oxygen atoms in total. The van der Waals surface area contributed by atoms with E-state index in [2.05, 4.69) is 5.32 Å². The van der Waals surface area contributed by atoms with Crippen molar-refractivity contribution >= 4 is 17.5 Å². The molecule has 142 valence electrons. The summed E-state index contributed by atoms with van der Waals surface area (Å²) in [6.45, 7) is 0.652. The van der Waals surface area contributed by atoms with E-state index in [1.165, 1.54) is 0 Å². The highest BCUT2D eigenvalue weighted by atomic mass is 19.4. The predicted molar refractivity (Wildman–Crippen MR) is 91.9 cm³/mol. The van der Waals surface area contributed by atoms with Crippen LogP contribution in [0.25, 0.3) is 0 Å². The number of nitrogens with zero attached hydrogens (tertiary/aromatic N) is 1. The molecule has 26 heavy (non-hydrogen) atoms. The molecule has 1 saturated carbocycles. The number of hydrogen-bond donors (Lipinski definition) is 1. The normalized spacial score (nSPS) is 24.4. The van der Waals surface area contributed by atoms with Gasteiger partial charge in [-0.2, -0.15) is 13.2 Å². The summed E-state index contributed by atoms with van der Waals surface area (Å²) in [6.07, 6.45) is -0.324. The molecular formula is C19H23F3N2O2. The fourth-order valence-corrected chi connectivity index (χ4v) is 3.82. The molecular weight excluding hydrogens is 345 g/mol. The number of benzene rings is 1. The summed E-state index contributed by atoms with van der Waals surface area (Å²) >= 11 is 0. The molecule has 7 heteroatoms. The molecule has 1 N–H and O–H groups in total. The number of halogens is 3. The van der Waals surface area contributed by atoms with Crippen LogP contribution < -0.4 is 10.2 Å². The average molecular weight is 368 g/mol. The second-order valence-corrected chi connectivity index (χ2v) is 7.06. The van der Waals surface area contributed by atoms with Crippen LogP contribution in [0.1, 0.15) is 55.3 Å². The van der Waals surface area contributed by atoms with Gasteiger partial charge >= 0.3 is 6.18 Å². The third-order valence-corrected chi connectivity index (χ3v) is 5.27. The number of anilines is 1. The Balaban J connectivity index is 1.67. The van der Waals surface area contributed by atoms with Gasteiger partial charge in [0.2, 0.25) is 5.91 Å². The Morgan fingerprint density at radius 1 is 1.04 bits per heavy atom. The molecule has 2 amide bonds. The van der Waals surface area contributed by atoms with Crippen LogP contribution in [0.15, 0.2) is 24.3 Å². The van der Waals surface area contributed by atoms with Crippen molar-refractivity contribution in [3.63, 3.8) is 0 Å². The Morgan fingerprint density at radius 3 is 2.38 bits per heavy atom. The van der Waals surface area contributed by atoms with E-state index < -0.39 is 24.0 Å². The van der Waals surface area contributed by atoms with E-state index in [0.29, 0.717) is 37.8 Å². The lowest BCUT2D eigenvalue weighted by atomic mass is 9.84. The van der Waals surface area contributed by atoms with Gasteiger partial charge in [-0.05, 0) is 49.9 Å². The highest BCUT2D eigenvalue weighted by Crippen LogP contribution is 2.37. The van der Waals surface area contributed by atoms with Gasteiger partial charge in [0.25, 0.3) is 5.91 Å². The van der Waals surface area contributed by atoms with Crippen molar-refractivity contribution in [2.75, 3.05) is 11.4 Å². The zero-order chi connectivity index (χ0) is 18.7. The topological polar surface area (TPSA) is 49.4 Å². The maximum atomic E-state index is 13.2. The predicted octanol–water partition coefficient (Wildman–Crippen LogP) is 4.05. The largest absolute Gasteiger partial charge is 0.393 e. The Kier molecular flexibility index (Phi) is 5.53. The van der Waals surface area contributed by atoms with Crippen molar-refractivity contribution in [2.24, 2.45) is 5.92 Å². The number of nitrogens with one attached hydrogen (secondary N) is 1. The zero-order valence-electron chi connectivity index (χ0n) is 14.5. The molecule has 0 spiro atoms. The van der Waals surface area contributed by atoms with Crippen molar-refractivity contribution in [2.45, 2.75) is 57.2 Å². The first-order valence-electron chi connectivity index (χ1n) is 9.14. The molecule has 1 aromatic carbocycles. The van der Waals surface area contributed by atoms with E-state index in [0.717, 1.165) is 18.5 Å². The fraction of sp³-hybridized carbons (Fsp3) is 0.579. The van der Waals surface area contributed by atoms with Gasteiger partial charge in [0.15, 0.2) is 0 Å². The molecule has 2 fully saturated rings. The number of rotatable bonds is 3. The Hall–Kier alpha value is -2.05. The molecule has 0 radical (unpaired) electrons. The first-order chi connectivity index (χ1) is 12.4. The standard InChI is InChI=1S/C19H23F3N2O2/c20-19(21,22)15-5-1-2-6-16(15)23-18(26)13-8-10-14(11-9-13)24-12-4-3-7-17(24)25/h8-11,15-16H,1-7,12H2,(H,23,26). The quantitative estimate of drug-likeness (QED) is 0.875. The van der Waals surface area contributed by atoms with E-state index in [-0.39, 0.29) is 12.3 Å². The van der Waals surface area contributed by atoms with Crippen molar-refractivity contribution < 1.29 is 22.8 Å². The molecule has 1 aromatic rings. The number of carbonyl (C=O) groups excluding carboxylic acids is 2. The van der Waals surface area contributed by atoms with Gasteiger partial charge in [0.1, 0.15) is 0 Å². The third kappa shape index (κ3) is 4.19. The number of piperidine rings is 1. The monoisotopic (exact) mass is 368 g/mol. The summed E-state index contributed by atoms with van der Waals surface area (Å²) in [5, 5.41) is 2.56. The van der Waals surface area contributed by atoms with Crippen LogP contribution in [0.4, 0.5) is 18.9 Å². The molecule has 2 atom stereocenters. The number of alkyl halides is 3. The smallest absolute Gasteiger partial charge is 0.349 e. The van der Waals surface area contributed by atoms with Crippen molar-refractivity contribution in [3.05, 3.63) is 29.8 Å². The van der Waals surface area contributed by atoms with Crippen LogP contribution in [-0.4, -0.2) is 30.6 Å². The summed E-state index contributed by atoms with van der Waals surface area (Å²) in [5.74, 6) is -1.92. The summed E-state index contributed by atoms with van der Waals surface area (Å²) in [6, 6.07) is 5.62. The lowest BCUT2D eigenvalue weighted by Gasteiger charge is -2.33. The van der Waals surface area contributed by atoms with Gasteiger partial charge in [-0.15, -0.1) is 0 Å². The molecule has 1 saturated heterocycles. The molecule has 1 heterocycles. The third-order valence-electron chi connectivity index (χ3n) is 5.27. The second kappa shape index (κ2) is 7.68. The second-order valence-electron chi connectivity index (χ2n) is 7.06. The number of amides is 2. The maximum absolute atomic E-state index is 13.2. The Labute approximate surface area is 150 Å². The molecule has 1 aliphatic heterocycles. The molecule has 2 unspecified atom stereocenters. The SMILES string of the molecule is O=C(NC1CCCCC1C(F)(F)F)c1ccc(N2CCCCC2=O)cc1.